The van der Waals surface area contributed by atoms with Crippen LogP contribution in [-0.4, -0.2) is 50.6 Å². The van der Waals surface area contributed by atoms with Crippen LogP contribution in [0.15, 0.2) is 18.2 Å². The summed E-state index contributed by atoms with van der Waals surface area (Å²) < 4.78 is 0. The van der Waals surface area contributed by atoms with Crippen molar-refractivity contribution in [3.8, 4) is 0 Å². The van der Waals surface area contributed by atoms with Gasteiger partial charge in [0.1, 0.15) is 0 Å². The number of benzene rings is 1. The zero-order chi connectivity index (χ0) is 13.9. The van der Waals surface area contributed by atoms with Gasteiger partial charge in [0, 0.05) is 26.2 Å². The molecule has 1 aromatic carbocycles. The number of fused-ring (bicyclic) bond motifs is 1. The van der Waals surface area contributed by atoms with Crippen LogP contribution in [0.25, 0.3) is 0 Å². The van der Waals surface area contributed by atoms with E-state index >= 15 is 0 Å². The third-order valence-electron chi connectivity index (χ3n) is 4.09. The predicted molar refractivity (Wildman–Crippen MR) is 81.4 cm³/mol. The average Bonchev–Trinajstić information content (AvgIpc) is 2.90. The maximum Gasteiger partial charge on any atom is 0.253 e. The van der Waals surface area contributed by atoms with Crippen LogP contribution in [0, 0.1) is 5.92 Å². The summed E-state index contributed by atoms with van der Waals surface area (Å²) in [6.07, 6.45) is 1.17. The lowest BCUT2D eigenvalue weighted by Crippen LogP contribution is -2.32. The highest BCUT2D eigenvalue weighted by Gasteiger charge is 2.21. The molecule has 1 atom stereocenters. The number of rotatable bonds is 3. The Morgan fingerprint density at radius 3 is 3.05 bits per heavy atom. The quantitative estimate of drug-likeness (QED) is 0.775. The van der Waals surface area contributed by atoms with Crippen molar-refractivity contribution in [2.75, 3.05) is 50.4 Å². The van der Waals surface area contributed by atoms with Crippen molar-refractivity contribution in [3.63, 3.8) is 0 Å². The molecule has 2 aliphatic heterocycles. The third-order valence-corrected chi connectivity index (χ3v) is 4.09. The van der Waals surface area contributed by atoms with Crippen LogP contribution in [0.4, 0.5) is 11.4 Å². The first-order valence-electron chi connectivity index (χ1n) is 7.31. The third kappa shape index (κ3) is 2.72. The summed E-state index contributed by atoms with van der Waals surface area (Å²) >= 11 is 0. The number of carbonyl (C=O) groups excluding carboxylic acids is 1. The minimum atomic E-state index is 0.0209. The van der Waals surface area contributed by atoms with Gasteiger partial charge < -0.3 is 20.9 Å². The van der Waals surface area contributed by atoms with Crippen molar-refractivity contribution in [2.24, 2.45) is 5.92 Å². The van der Waals surface area contributed by atoms with Crippen LogP contribution in [0.3, 0.4) is 0 Å². The summed E-state index contributed by atoms with van der Waals surface area (Å²) in [5.74, 6) is 0.599. The van der Waals surface area contributed by atoms with Crippen molar-refractivity contribution in [2.45, 2.75) is 6.42 Å². The molecule has 1 aromatic rings. The van der Waals surface area contributed by atoms with Crippen LogP contribution in [-0.2, 0) is 0 Å². The molecule has 5 nitrogen and oxygen atoms in total. The number of likely N-dealkylation sites (tertiary alicyclic amines) is 1. The van der Waals surface area contributed by atoms with Gasteiger partial charge in [-0.25, -0.2) is 0 Å². The van der Waals surface area contributed by atoms with E-state index in [1.165, 1.54) is 6.42 Å². The minimum Gasteiger partial charge on any atom is -0.382 e. The molecule has 0 aliphatic carbocycles. The molecule has 0 aromatic heterocycles. The summed E-state index contributed by atoms with van der Waals surface area (Å²) in [4.78, 5) is 14.7. The highest BCUT2D eigenvalue weighted by Crippen LogP contribution is 2.28. The molecule has 0 radical (unpaired) electrons. The van der Waals surface area contributed by atoms with Gasteiger partial charge in [-0.2, -0.15) is 0 Å². The maximum absolute atomic E-state index is 12.4. The molecular weight excluding hydrogens is 252 g/mol. The van der Waals surface area contributed by atoms with E-state index in [-0.39, 0.29) is 5.91 Å². The molecule has 1 amide bonds. The van der Waals surface area contributed by atoms with Crippen LogP contribution < -0.4 is 16.0 Å². The number of nitrogens with one attached hydrogen (secondary N) is 3. The summed E-state index contributed by atoms with van der Waals surface area (Å²) in [5, 5.41) is 9.71. The number of para-hydroxylation sites is 1. The van der Waals surface area contributed by atoms with Crippen LogP contribution in [0.1, 0.15) is 16.8 Å². The number of hydrogen-bond donors (Lipinski definition) is 3. The van der Waals surface area contributed by atoms with Gasteiger partial charge in [0.25, 0.3) is 5.91 Å². The van der Waals surface area contributed by atoms with Gasteiger partial charge in [-0.05, 0) is 38.1 Å². The normalized spacial score (nSPS) is 21.8. The summed E-state index contributed by atoms with van der Waals surface area (Å²) in [5.41, 5.74) is 2.69. The smallest absolute Gasteiger partial charge is 0.253 e. The largest absolute Gasteiger partial charge is 0.382 e. The molecule has 2 heterocycles. The monoisotopic (exact) mass is 274 g/mol. The second-order valence-electron chi connectivity index (χ2n) is 5.71. The van der Waals surface area contributed by atoms with Crippen molar-refractivity contribution in [1.82, 2.24) is 10.2 Å². The Morgan fingerprint density at radius 1 is 1.40 bits per heavy atom. The molecule has 0 spiro atoms. The van der Waals surface area contributed by atoms with Crippen LogP contribution >= 0.6 is 0 Å². The summed E-state index contributed by atoms with van der Waals surface area (Å²) in [7, 11) is 2.13. The fourth-order valence-electron chi connectivity index (χ4n) is 2.99. The topological polar surface area (TPSA) is 56.4 Å². The van der Waals surface area contributed by atoms with Crippen LogP contribution in [0.5, 0.6) is 0 Å². The maximum atomic E-state index is 12.4. The lowest BCUT2D eigenvalue weighted by Gasteiger charge is -2.22. The molecule has 20 heavy (non-hydrogen) atoms. The Hall–Kier alpha value is -1.75. The Bertz CT molecular complexity index is 503. The zero-order valence-corrected chi connectivity index (χ0v) is 11.9. The van der Waals surface area contributed by atoms with Gasteiger partial charge in [0.2, 0.25) is 0 Å². The number of anilines is 2. The summed E-state index contributed by atoms with van der Waals surface area (Å²) in [6.45, 7) is 4.72. The van der Waals surface area contributed by atoms with Gasteiger partial charge in [-0.3, -0.25) is 4.79 Å². The fourth-order valence-corrected chi connectivity index (χ4v) is 2.99. The second kappa shape index (κ2) is 5.71. The van der Waals surface area contributed by atoms with Crippen LogP contribution in [0.2, 0.25) is 0 Å². The Balaban J connectivity index is 1.65. The van der Waals surface area contributed by atoms with Crippen molar-refractivity contribution in [1.29, 1.82) is 0 Å². The molecule has 1 fully saturated rings. The Kier molecular flexibility index (Phi) is 3.78. The molecule has 0 saturated carbocycles. The number of nitrogens with zero attached hydrogens (tertiary/aromatic N) is 1. The molecule has 0 bridgehead atoms. The highest BCUT2D eigenvalue weighted by atomic mass is 16.1. The number of amides is 1. The first-order valence-corrected chi connectivity index (χ1v) is 7.31. The SMILES string of the molecule is CN1CCC(CNC(=O)c2cccc3c2NCCN3)C1. The molecule has 1 saturated heterocycles. The van der Waals surface area contributed by atoms with Gasteiger partial charge in [0.15, 0.2) is 0 Å². The fraction of sp³-hybridized carbons (Fsp3) is 0.533. The molecule has 3 rings (SSSR count). The van der Waals surface area contributed by atoms with E-state index < -0.39 is 0 Å². The van der Waals surface area contributed by atoms with Gasteiger partial charge in [-0.1, -0.05) is 6.07 Å². The van der Waals surface area contributed by atoms with Crippen molar-refractivity contribution < 1.29 is 4.79 Å². The van der Waals surface area contributed by atoms with Gasteiger partial charge >= 0.3 is 0 Å². The second-order valence-corrected chi connectivity index (χ2v) is 5.71. The average molecular weight is 274 g/mol. The minimum absolute atomic E-state index is 0.0209. The van der Waals surface area contributed by atoms with E-state index in [0.717, 1.165) is 49.7 Å². The van der Waals surface area contributed by atoms with Crippen molar-refractivity contribution in [3.05, 3.63) is 23.8 Å². The molecule has 3 N–H and O–H groups in total. The Morgan fingerprint density at radius 2 is 2.25 bits per heavy atom. The van der Waals surface area contributed by atoms with Crippen molar-refractivity contribution >= 4 is 17.3 Å². The van der Waals surface area contributed by atoms with E-state index in [0.29, 0.717) is 5.92 Å². The van der Waals surface area contributed by atoms with E-state index in [1.807, 2.05) is 18.2 Å². The highest BCUT2D eigenvalue weighted by molar-refractivity contribution is 6.02. The first kappa shape index (κ1) is 13.2. The molecule has 1 unspecified atom stereocenters. The summed E-state index contributed by atoms with van der Waals surface area (Å²) in [6, 6.07) is 5.82. The number of carbonyl (C=O) groups is 1. The number of hydrogen-bond acceptors (Lipinski definition) is 4. The van der Waals surface area contributed by atoms with E-state index in [4.69, 9.17) is 0 Å². The standard InChI is InChI=1S/C15H22N4O/c1-19-8-5-11(10-19)9-18-15(20)12-3-2-4-13-14(12)17-7-6-16-13/h2-4,11,16-17H,5-10H2,1H3,(H,18,20). The lowest BCUT2D eigenvalue weighted by atomic mass is 10.1. The predicted octanol–water partition coefficient (Wildman–Crippen LogP) is 1.21. The molecule has 108 valence electrons. The molecule has 2 aliphatic rings. The Labute approximate surface area is 119 Å². The van der Waals surface area contributed by atoms with E-state index in [2.05, 4.69) is 27.9 Å². The zero-order valence-electron chi connectivity index (χ0n) is 11.9. The van der Waals surface area contributed by atoms with E-state index in [9.17, 15) is 4.79 Å². The van der Waals surface area contributed by atoms with Gasteiger partial charge in [-0.15, -0.1) is 0 Å². The lowest BCUT2D eigenvalue weighted by molar-refractivity contribution is 0.0948. The van der Waals surface area contributed by atoms with E-state index in [1.54, 1.807) is 0 Å². The molecule has 5 heteroatoms. The van der Waals surface area contributed by atoms with Gasteiger partial charge in [0.05, 0.1) is 16.9 Å². The molecular formula is C15H22N4O. The first-order chi connectivity index (χ1) is 9.74.